The molecule has 0 aromatic carbocycles. The SMILES string of the molecule is [CH2]C(I)C(I)CCCCCC. The fourth-order valence-electron chi connectivity index (χ4n) is 0.947. The van der Waals surface area contributed by atoms with Crippen molar-refractivity contribution in [2.45, 2.75) is 46.9 Å². The molecule has 0 bridgehead atoms. The molecule has 0 rings (SSSR count). The van der Waals surface area contributed by atoms with Crippen LogP contribution < -0.4 is 0 Å². The summed E-state index contributed by atoms with van der Waals surface area (Å²) in [6, 6.07) is 0. The first kappa shape index (κ1) is 12.5. The molecule has 0 saturated carbocycles. The molecule has 0 aliphatic heterocycles. The average molecular weight is 379 g/mol. The lowest BCUT2D eigenvalue weighted by molar-refractivity contribution is 0.631. The summed E-state index contributed by atoms with van der Waals surface area (Å²) in [5.74, 6) is 0. The van der Waals surface area contributed by atoms with Gasteiger partial charge in [0, 0.05) is 7.85 Å². The van der Waals surface area contributed by atoms with Gasteiger partial charge in [-0.05, 0) is 13.3 Å². The quantitative estimate of drug-likeness (QED) is 0.365. The molecule has 0 fully saturated rings. The maximum Gasteiger partial charge on any atom is 0.0228 e. The zero-order chi connectivity index (χ0) is 8.69. The molecule has 67 valence electrons. The molecule has 0 amide bonds. The Morgan fingerprint density at radius 1 is 1.18 bits per heavy atom. The monoisotopic (exact) mass is 379 g/mol. The lowest BCUT2D eigenvalue weighted by Gasteiger charge is -2.11. The summed E-state index contributed by atoms with van der Waals surface area (Å²) in [6.07, 6.45) is 6.86. The van der Waals surface area contributed by atoms with Crippen molar-refractivity contribution < 1.29 is 0 Å². The minimum absolute atomic E-state index is 0.579. The molecule has 0 saturated heterocycles. The van der Waals surface area contributed by atoms with E-state index in [-0.39, 0.29) is 0 Å². The van der Waals surface area contributed by atoms with Gasteiger partial charge < -0.3 is 0 Å². The Bertz CT molecular complexity index is 81.6. The van der Waals surface area contributed by atoms with Crippen LogP contribution in [-0.4, -0.2) is 7.85 Å². The molecule has 0 N–H and O–H groups in total. The molecule has 0 aliphatic carbocycles. The first-order valence-corrected chi connectivity index (χ1v) is 6.78. The van der Waals surface area contributed by atoms with Gasteiger partial charge in [-0.1, -0.05) is 77.8 Å². The Morgan fingerprint density at radius 2 is 1.82 bits per heavy atom. The predicted molar refractivity (Wildman–Crippen MR) is 69.7 cm³/mol. The maximum atomic E-state index is 4.02. The number of rotatable bonds is 6. The number of hydrogen-bond acceptors (Lipinski definition) is 0. The molecule has 2 atom stereocenters. The van der Waals surface area contributed by atoms with E-state index in [9.17, 15) is 0 Å². The van der Waals surface area contributed by atoms with E-state index in [1.165, 1.54) is 32.1 Å². The molecule has 2 unspecified atom stereocenters. The van der Waals surface area contributed by atoms with E-state index >= 15 is 0 Å². The minimum atomic E-state index is 0.579. The van der Waals surface area contributed by atoms with Gasteiger partial charge in [0.15, 0.2) is 0 Å². The van der Waals surface area contributed by atoms with Gasteiger partial charge in [0.2, 0.25) is 0 Å². The number of hydrogen-bond donors (Lipinski definition) is 0. The maximum absolute atomic E-state index is 4.02. The Labute approximate surface area is 98.2 Å². The number of alkyl halides is 2. The van der Waals surface area contributed by atoms with E-state index in [4.69, 9.17) is 0 Å². The summed E-state index contributed by atoms with van der Waals surface area (Å²) in [7, 11) is 0. The van der Waals surface area contributed by atoms with Crippen molar-refractivity contribution in [2.24, 2.45) is 0 Å². The van der Waals surface area contributed by atoms with Crippen LogP contribution in [-0.2, 0) is 0 Å². The zero-order valence-electron chi connectivity index (χ0n) is 7.15. The predicted octanol–water partition coefficient (Wildman–Crippen LogP) is 4.40. The highest BCUT2D eigenvalue weighted by atomic mass is 127. The molecule has 0 aromatic rings. The second-order valence-corrected chi connectivity index (χ2v) is 6.08. The van der Waals surface area contributed by atoms with Crippen molar-refractivity contribution in [1.82, 2.24) is 0 Å². The molecule has 0 aromatic heterocycles. The molecule has 2 heteroatoms. The summed E-state index contributed by atoms with van der Waals surface area (Å²) in [5.41, 5.74) is 0. The highest BCUT2D eigenvalue weighted by Gasteiger charge is 2.08. The second-order valence-electron chi connectivity index (χ2n) is 2.88. The molecular weight excluding hydrogens is 362 g/mol. The van der Waals surface area contributed by atoms with Gasteiger partial charge >= 0.3 is 0 Å². The summed E-state index contributed by atoms with van der Waals surface area (Å²) < 4.78 is 1.35. The van der Waals surface area contributed by atoms with Crippen LogP contribution in [0.25, 0.3) is 0 Å². The number of unbranched alkanes of at least 4 members (excludes halogenated alkanes) is 3. The summed E-state index contributed by atoms with van der Waals surface area (Å²) in [4.78, 5) is 0. The van der Waals surface area contributed by atoms with Gasteiger partial charge in [0.05, 0.1) is 0 Å². The summed E-state index contributed by atoms with van der Waals surface area (Å²) in [6.45, 7) is 6.27. The van der Waals surface area contributed by atoms with Crippen molar-refractivity contribution >= 4 is 45.2 Å². The average Bonchev–Trinajstić information content (AvgIpc) is 1.97. The third kappa shape index (κ3) is 7.81. The van der Waals surface area contributed by atoms with E-state index in [0.29, 0.717) is 3.92 Å². The van der Waals surface area contributed by atoms with E-state index in [1.807, 2.05) is 0 Å². The van der Waals surface area contributed by atoms with Crippen molar-refractivity contribution in [3.8, 4) is 0 Å². The summed E-state index contributed by atoms with van der Waals surface area (Å²) in [5, 5.41) is 0. The highest BCUT2D eigenvalue weighted by Crippen LogP contribution is 2.20. The van der Waals surface area contributed by atoms with Crippen LogP contribution in [0.5, 0.6) is 0 Å². The Kier molecular flexibility index (Phi) is 9.15. The normalized spacial score (nSPS) is 16.4. The van der Waals surface area contributed by atoms with E-state index < -0.39 is 0 Å². The lowest BCUT2D eigenvalue weighted by Crippen LogP contribution is -2.08. The van der Waals surface area contributed by atoms with Crippen LogP contribution in [0, 0.1) is 6.92 Å². The van der Waals surface area contributed by atoms with Gasteiger partial charge in [0.1, 0.15) is 0 Å². The number of halogens is 2. The third-order valence-electron chi connectivity index (χ3n) is 1.73. The molecule has 0 spiro atoms. The van der Waals surface area contributed by atoms with Crippen LogP contribution in [0.3, 0.4) is 0 Å². The lowest BCUT2D eigenvalue weighted by atomic mass is 10.1. The van der Waals surface area contributed by atoms with Crippen LogP contribution >= 0.6 is 45.2 Å². The Balaban J connectivity index is 3.10. The smallest absolute Gasteiger partial charge is 0.0228 e. The van der Waals surface area contributed by atoms with Gasteiger partial charge in [-0.25, -0.2) is 0 Å². The van der Waals surface area contributed by atoms with Crippen molar-refractivity contribution in [1.29, 1.82) is 0 Å². The van der Waals surface area contributed by atoms with Crippen molar-refractivity contribution in [2.75, 3.05) is 0 Å². The Hall–Kier alpha value is 1.46. The molecular formula is C9H17I2. The molecule has 0 nitrogen and oxygen atoms in total. The van der Waals surface area contributed by atoms with Gasteiger partial charge in [-0.2, -0.15) is 0 Å². The highest BCUT2D eigenvalue weighted by molar-refractivity contribution is 14.1. The van der Waals surface area contributed by atoms with Gasteiger partial charge in [-0.3, -0.25) is 0 Å². The summed E-state index contributed by atoms with van der Waals surface area (Å²) >= 11 is 4.92. The minimum Gasteiger partial charge on any atom is -0.0815 e. The topological polar surface area (TPSA) is 0 Å². The standard InChI is InChI=1S/C9H17I2/c1-3-4-5-6-7-9(11)8(2)10/h8-9H,2-7H2,1H3. The van der Waals surface area contributed by atoms with Crippen LogP contribution in [0.15, 0.2) is 0 Å². The molecule has 11 heavy (non-hydrogen) atoms. The largest absolute Gasteiger partial charge is 0.0815 e. The fourth-order valence-corrected chi connectivity index (χ4v) is 1.75. The Morgan fingerprint density at radius 3 is 2.27 bits per heavy atom. The van der Waals surface area contributed by atoms with E-state index in [2.05, 4.69) is 59.0 Å². The molecule has 0 aliphatic rings. The van der Waals surface area contributed by atoms with Crippen molar-refractivity contribution in [3.05, 3.63) is 6.92 Å². The molecule has 0 heterocycles. The second kappa shape index (κ2) is 8.08. The molecule has 1 radical (unpaired) electrons. The van der Waals surface area contributed by atoms with Crippen LogP contribution in [0.2, 0.25) is 0 Å². The first-order valence-electron chi connectivity index (χ1n) is 4.29. The first-order chi connectivity index (χ1) is 5.18. The van der Waals surface area contributed by atoms with Crippen LogP contribution in [0.4, 0.5) is 0 Å². The zero-order valence-corrected chi connectivity index (χ0v) is 11.5. The van der Waals surface area contributed by atoms with Gasteiger partial charge in [-0.15, -0.1) is 0 Å². The fraction of sp³-hybridized carbons (Fsp3) is 0.889. The van der Waals surface area contributed by atoms with Gasteiger partial charge in [0.25, 0.3) is 0 Å². The van der Waals surface area contributed by atoms with Crippen LogP contribution in [0.1, 0.15) is 39.0 Å². The third-order valence-corrected chi connectivity index (χ3v) is 5.46. The van der Waals surface area contributed by atoms with E-state index in [1.54, 1.807) is 0 Å². The van der Waals surface area contributed by atoms with E-state index in [0.717, 1.165) is 3.92 Å². The van der Waals surface area contributed by atoms with Crippen molar-refractivity contribution in [3.63, 3.8) is 0 Å².